The molecule has 0 radical (unpaired) electrons. The van der Waals surface area contributed by atoms with Crippen molar-refractivity contribution in [1.29, 1.82) is 0 Å². The number of hydrogen-bond acceptors (Lipinski definition) is 3. The summed E-state index contributed by atoms with van der Waals surface area (Å²) in [5, 5.41) is 0. The molecule has 2 N–H and O–H groups in total. The molecular weight excluding hydrogens is 261 g/mol. The van der Waals surface area contributed by atoms with Gasteiger partial charge in [-0.25, -0.2) is 0 Å². The number of benzene rings is 1. The topological polar surface area (TPSA) is 29.3 Å². The molecular formula is C12H17F3N2S. The molecule has 0 heterocycles. The van der Waals surface area contributed by atoms with E-state index in [-0.39, 0.29) is 6.54 Å². The van der Waals surface area contributed by atoms with Crippen LogP contribution in [-0.4, -0.2) is 25.6 Å². The summed E-state index contributed by atoms with van der Waals surface area (Å²) in [6.45, 7) is 0.877. The van der Waals surface area contributed by atoms with E-state index in [9.17, 15) is 13.2 Å². The van der Waals surface area contributed by atoms with Gasteiger partial charge in [0.05, 0.1) is 5.56 Å². The maximum Gasteiger partial charge on any atom is 0.416 e. The Morgan fingerprint density at radius 1 is 1.33 bits per heavy atom. The lowest BCUT2D eigenvalue weighted by atomic mass is 10.1. The molecule has 6 heteroatoms. The van der Waals surface area contributed by atoms with Gasteiger partial charge in [-0.1, -0.05) is 0 Å². The van der Waals surface area contributed by atoms with Gasteiger partial charge in [0, 0.05) is 31.6 Å². The number of halogens is 3. The highest BCUT2D eigenvalue weighted by Gasteiger charge is 2.31. The fraction of sp³-hybridized carbons (Fsp3) is 0.500. The minimum Gasteiger partial charge on any atom is -0.374 e. The monoisotopic (exact) mass is 278 g/mol. The van der Waals surface area contributed by atoms with Crippen LogP contribution in [0.4, 0.5) is 18.9 Å². The molecule has 18 heavy (non-hydrogen) atoms. The van der Waals surface area contributed by atoms with Crippen LogP contribution >= 0.6 is 11.8 Å². The van der Waals surface area contributed by atoms with E-state index >= 15 is 0 Å². The Morgan fingerprint density at radius 2 is 2.00 bits per heavy atom. The molecule has 0 atom stereocenters. The van der Waals surface area contributed by atoms with E-state index in [1.165, 1.54) is 6.07 Å². The summed E-state index contributed by atoms with van der Waals surface area (Å²) in [6, 6.07) is 3.72. The normalized spacial score (nSPS) is 11.7. The smallest absolute Gasteiger partial charge is 0.374 e. The average Bonchev–Trinajstić information content (AvgIpc) is 2.34. The van der Waals surface area contributed by atoms with Crippen LogP contribution in [0.5, 0.6) is 0 Å². The molecule has 0 saturated heterocycles. The molecule has 1 aromatic rings. The summed E-state index contributed by atoms with van der Waals surface area (Å²) in [7, 11) is 1.86. The number of nitrogens with two attached hydrogens (primary N) is 1. The van der Waals surface area contributed by atoms with E-state index in [1.54, 1.807) is 11.8 Å². The van der Waals surface area contributed by atoms with Gasteiger partial charge in [-0.2, -0.15) is 24.9 Å². The Morgan fingerprint density at radius 3 is 2.50 bits per heavy atom. The van der Waals surface area contributed by atoms with Crippen molar-refractivity contribution in [3.63, 3.8) is 0 Å². The molecule has 0 aliphatic heterocycles. The van der Waals surface area contributed by atoms with Crippen LogP contribution in [0, 0.1) is 0 Å². The molecule has 1 aromatic carbocycles. The lowest BCUT2D eigenvalue weighted by Gasteiger charge is -2.22. The lowest BCUT2D eigenvalue weighted by molar-refractivity contribution is -0.137. The summed E-state index contributed by atoms with van der Waals surface area (Å²) in [5.41, 5.74) is 6.17. The second-order valence-electron chi connectivity index (χ2n) is 3.96. The highest BCUT2D eigenvalue weighted by Crippen LogP contribution is 2.32. The number of rotatable bonds is 5. The van der Waals surface area contributed by atoms with Crippen LogP contribution < -0.4 is 10.6 Å². The number of anilines is 1. The number of alkyl halides is 3. The molecule has 2 nitrogen and oxygen atoms in total. The number of nitrogens with zero attached hydrogens (tertiary/aromatic N) is 1. The zero-order chi connectivity index (χ0) is 13.8. The van der Waals surface area contributed by atoms with Gasteiger partial charge in [0.2, 0.25) is 0 Å². The molecule has 0 fully saturated rings. The van der Waals surface area contributed by atoms with E-state index in [1.807, 2.05) is 18.2 Å². The van der Waals surface area contributed by atoms with E-state index in [4.69, 9.17) is 5.73 Å². The highest BCUT2D eigenvalue weighted by molar-refractivity contribution is 7.98. The van der Waals surface area contributed by atoms with E-state index < -0.39 is 11.7 Å². The maximum absolute atomic E-state index is 12.6. The van der Waals surface area contributed by atoms with Crippen molar-refractivity contribution in [1.82, 2.24) is 0 Å². The van der Waals surface area contributed by atoms with Gasteiger partial charge in [0.25, 0.3) is 0 Å². The van der Waals surface area contributed by atoms with Crippen LogP contribution in [-0.2, 0) is 12.7 Å². The molecule has 0 aromatic heterocycles. The Labute approximate surface area is 109 Å². The third kappa shape index (κ3) is 3.81. The fourth-order valence-corrected chi connectivity index (χ4v) is 2.10. The second kappa shape index (κ2) is 6.33. The van der Waals surface area contributed by atoms with E-state index in [0.717, 1.165) is 30.1 Å². The third-order valence-corrected chi connectivity index (χ3v) is 3.26. The van der Waals surface area contributed by atoms with Crippen LogP contribution in [0.2, 0.25) is 0 Å². The molecule has 102 valence electrons. The fourth-order valence-electron chi connectivity index (χ4n) is 1.65. The zero-order valence-electron chi connectivity index (χ0n) is 10.4. The Balaban J connectivity index is 3.00. The van der Waals surface area contributed by atoms with Gasteiger partial charge < -0.3 is 10.6 Å². The molecule has 0 spiro atoms. The van der Waals surface area contributed by atoms with Crippen molar-refractivity contribution in [2.75, 3.05) is 30.5 Å². The molecule has 0 bridgehead atoms. The minimum absolute atomic E-state index is 0.100. The molecule has 0 unspecified atom stereocenters. The molecule has 0 saturated carbocycles. The van der Waals surface area contributed by atoms with Gasteiger partial charge in [0.15, 0.2) is 0 Å². The minimum atomic E-state index is -4.32. The van der Waals surface area contributed by atoms with Gasteiger partial charge in [-0.3, -0.25) is 0 Å². The van der Waals surface area contributed by atoms with Crippen molar-refractivity contribution >= 4 is 17.4 Å². The second-order valence-corrected chi connectivity index (χ2v) is 4.95. The van der Waals surface area contributed by atoms with Crippen LogP contribution in [0.15, 0.2) is 18.2 Å². The largest absolute Gasteiger partial charge is 0.416 e. The average molecular weight is 278 g/mol. The predicted octanol–water partition coefficient (Wildman–Crippen LogP) is 2.96. The summed E-state index contributed by atoms with van der Waals surface area (Å²) in [5.74, 6) is 0.918. The van der Waals surface area contributed by atoms with Crippen molar-refractivity contribution in [3.8, 4) is 0 Å². The van der Waals surface area contributed by atoms with Crippen molar-refractivity contribution in [3.05, 3.63) is 29.3 Å². The predicted molar refractivity (Wildman–Crippen MR) is 71.0 cm³/mol. The first-order valence-corrected chi connectivity index (χ1v) is 6.89. The highest BCUT2D eigenvalue weighted by atomic mass is 32.2. The summed E-state index contributed by atoms with van der Waals surface area (Å²) in [4.78, 5) is 1.93. The quantitative estimate of drug-likeness (QED) is 0.898. The Kier molecular flexibility index (Phi) is 5.34. The first kappa shape index (κ1) is 15.2. The van der Waals surface area contributed by atoms with Crippen molar-refractivity contribution < 1.29 is 13.2 Å². The Bertz CT molecular complexity index is 393. The standard InChI is InChI=1S/C12H17F3N2S/c1-17(5-6-18-2)11-4-3-10(12(13,14)15)7-9(11)8-16/h3-4,7H,5-6,8,16H2,1-2H3. The van der Waals surface area contributed by atoms with Gasteiger partial charge >= 0.3 is 6.18 Å². The van der Waals surface area contributed by atoms with Crippen LogP contribution in [0.3, 0.4) is 0 Å². The van der Waals surface area contributed by atoms with Crippen LogP contribution in [0.1, 0.15) is 11.1 Å². The summed E-state index contributed by atoms with van der Waals surface area (Å²) in [6.07, 6.45) is -2.33. The van der Waals surface area contributed by atoms with E-state index in [0.29, 0.717) is 5.56 Å². The number of thioether (sulfide) groups is 1. The van der Waals surface area contributed by atoms with Crippen LogP contribution in [0.25, 0.3) is 0 Å². The van der Waals surface area contributed by atoms with Gasteiger partial charge in [-0.15, -0.1) is 0 Å². The Hall–Kier alpha value is -0.880. The van der Waals surface area contributed by atoms with Crippen molar-refractivity contribution in [2.24, 2.45) is 5.73 Å². The SMILES string of the molecule is CSCCN(C)c1ccc(C(F)(F)F)cc1CN. The first-order valence-electron chi connectivity index (χ1n) is 5.50. The zero-order valence-corrected chi connectivity index (χ0v) is 11.2. The van der Waals surface area contributed by atoms with Crippen molar-refractivity contribution in [2.45, 2.75) is 12.7 Å². The molecule has 0 amide bonds. The molecule has 0 aliphatic carbocycles. The molecule has 0 aliphatic rings. The van der Waals surface area contributed by atoms with Gasteiger partial charge in [-0.05, 0) is 30.0 Å². The molecule has 1 rings (SSSR count). The third-order valence-electron chi connectivity index (χ3n) is 2.67. The number of hydrogen-bond donors (Lipinski definition) is 1. The van der Waals surface area contributed by atoms with Gasteiger partial charge in [0.1, 0.15) is 0 Å². The first-order chi connectivity index (χ1) is 8.40. The lowest BCUT2D eigenvalue weighted by Crippen LogP contribution is -2.22. The van der Waals surface area contributed by atoms with E-state index in [2.05, 4.69) is 0 Å². The summed E-state index contributed by atoms with van der Waals surface area (Å²) >= 11 is 1.69. The summed E-state index contributed by atoms with van der Waals surface area (Å²) < 4.78 is 37.7. The maximum atomic E-state index is 12.6.